The molecule has 1 amide bonds. The zero-order chi connectivity index (χ0) is 32.9. The predicted molar refractivity (Wildman–Crippen MR) is 181 cm³/mol. The largest absolute Gasteiger partial charge is 0.462 e. The SMILES string of the molecule is Cc1nc2c(N3C[C@H](C)N(C(=O)OC(C)(C)C)C[C@@H]3C)nc(OC[C@@H]3CCCN3C)nc2c(=O)n1-c1cccc2cccc(Cl)c12. The lowest BCUT2D eigenvalue weighted by atomic mass is 10.1. The number of hydrogen-bond donors (Lipinski definition) is 0. The van der Waals surface area contributed by atoms with Gasteiger partial charge >= 0.3 is 12.1 Å². The van der Waals surface area contributed by atoms with Crippen LogP contribution in [0.25, 0.3) is 27.5 Å². The van der Waals surface area contributed by atoms with Crippen LogP contribution in [-0.4, -0.2) is 92.4 Å². The topological polar surface area (TPSA) is 106 Å². The summed E-state index contributed by atoms with van der Waals surface area (Å²) in [6.45, 7) is 13.7. The molecule has 3 atom stereocenters. The standard InChI is InChI=1S/C34H42ClN7O4/c1-20-18-41(33(44)46-34(4,5)6)21(2)17-40(20)30-28-29(37-32(38-30)45-19-24-13-10-16-39(24)7)31(43)42(22(3)36-28)26-15-9-12-23-11-8-14-25(35)27(23)26/h8-9,11-12,14-15,20-21,24H,10,13,16-19H2,1-7H3/t20-,21-,24-/m0/s1. The average Bonchev–Trinajstić information content (AvgIpc) is 3.40. The summed E-state index contributed by atoms with van der Waals surface area (Å²) in [5.74, 6) is 0.982. The molecule has 0 saturated carbocycles. The molecule has 46 heavy (non-hydrogen) atoms. The van der Waals surface area contributed by atoms with Crippen LogP contribution in [0, 0.1) is 6.92 Å². The molecule has 0 spiro atoms. The first-order valence-electron chi connectivity index (χ1n) is 15.9. The van der Waals surface area contributed by atoms with Crippen molar-refractivity contribution in [3.8, 4) is 11.7 Å². The number of nitrogens with zero attached hydrogens (tertiary/aromatic N) is 7. The minimum absolute atomic E-state index is 0.127. The number of carbonyl (C=O) groups is 1. The summed E-state index contributed by atoms with van der Waals surface area (Å²) in [6.07, 6.45) is 1.77. The van der Waals surface area contributed by atoms with E-state index in [2.05, 4.69) is 21.8 Å². The monoisotopic (exact) mass is 647 g/mol. The Hall–Kier alpha value is -3.96. The number of fused-ring (bicyclic) bond motifs is 2. The van der Waals surface area contributed by atoms with Gasteiger partial charge in [-0.1, -0.05) is 35.9 Å². The van der Waals surface area contributed by atoms with Crippen molar-refractivity contribution in [3.05, 3.63) is 57.6 Å². The third kappa shape index (κ3) is 6.10. The number of hydrogen-bond acceptors (Lipinski definition) is 9. The van der Waals surface area contributed by atoms with Gasteiger partial charge in [-0.15, -0.1) is 0 Å². The summed E-state index contributed by atoms with van der Waals surface area (Å²) >= 11 is 6.67. The normalized spacial score (nSPS) is 20.9. The fourth-order valence-electron chi connectivity index (χ4n) is 6.51. The summed E-state index contributed by atoms with van der Waals surface area (Å²) in [5.41, 5.74) is 0.233. The Morgan fingerprint density at radius 1 is 1.02 bits per heavy atom. The molecule has 4 heterocycles. The lowest BCUT2D eigenvalue weighted by molar-refractivity contribution is 0.0130. The van der Waals surface area contributed by atoms with E-state index in [1.165, 1.54) is 0 Å². The van der Waals surface area contributed by atoms with E-state index in [-0.39, 0.29) is 41.3 Å². The smallest absolute Gasteiger partial charge is 0.410 e. The van der Waals surface area contributed by atoms with Crippen LogP contribution in [0.4, 0.5) is 10.6 Å². The van der Waals surface area contributed by atoms with Crippen LogP contribution in [0.2, 0.25) is 5.02 Å². The third-order valence-corrected chi connectivity index (χ3v) is 9.20. The number of aryl methyl sites for hydroxylation is 1. The van der Waals surface area contributed by atoms with Gasteiger partial charge in [0.1, 0.15) is 23.5 Å². The maximum absolute atomic E-state index is 14.5. The molecule has 12 heteroatoms. The lowest BCUT2D eigenvalue weighted by Crippen LogP contribution is -2.59. The number of benzene rings is 2. The van der Waals surface area contributed by atoms with Gasteiger partial charge in [0.25, 0.3) is 5.56 Å². The summed E-state index contributed by atoms with van der Waals surface area (Å²) in [6, 6.07) is 11.4. The summed E-state index contributed by atoms with van der Waals surface area (Å²) in [4.78, 5) is 48.2. The molecule has 2 fully saturated rings. The van der Waals surface area contributed by atoms with Gasteiger partial charge in [0, 0.05) is 36.6 Å². The highest BCUT2D eigenvalue weighted by Gasteiger charge is 2.37. The fourth-order valence-corrected chi connectivity index (χ4v) is 6.79. The van der Waals surface area contributed by atoms with Gasteiger partial charge in [-0.25, -0.2) is 9.78 Å². The van der Waals surface area contributed by atoms with Crippen LogP contribution in [0.15, 0.2) is 41.2 Å². The Bertz CT molecular complexity index is 1850. The molecule has 2 aromatic carbocycles. The number of likely N-dealkylation sites (N-methyl/N-ethyl adjacent to an activating group) is 1. The van der Waals surface area contributed by atoms with E-state index >= 15 is 0 Å². The third-order valence-electron chi connectivity index (χ3n) is 8.88. The first-order valence-corrected chi connectivity index (χ1v) is 16.3. The van der Waals surface area contributed by atoms with Gasteiger partial charge in [0.15, 0.2) is 11.3 Å². The Balaban J connectivity index is 1.47. The molecule has 2 saturated heterocycles. The molecule has 0 N–H and O–H groups in total. The van der Waals surface area contributed by atoms with Crippen LogP contribution < -0.4 is 15.2 Å². The number of ether oxygens (including phenoxy) is 2. The van der Waals surface area contributed by atoms with E-state index in [0.717, 1.165) is 30.2 Å². The summed E-state index contributed by atoms with van der Waals surface area (Å²) < 4.78 is 13.5. The number of amides is 1. The number of anilines is 1. The Kier molecular flexibility index (Phi) is 8.58. The molecule has 0 bridgehead atoms. The molecule has 2 aliphatic heterocycles. The maximum atomic E-state index is 14.5. The van der Waals surface area contributed by atoms with Crippen LogP contribution >= 0.6 is 11.6 Å². The number of aromatic nitrogens is 4. The van der Waals surface area contributed by atoms with Gasteiger partial charge in [-0.3, -0.25) is 9.36 Å². The molecule has 11 nitrogen and oxygen atoms in total. The van der Waals surface area contributed by atoms with Crippen molar-refractivity contribution in [2.75, 3.05) is 38.2 Å². The molecule has 2 aromatic heterocycles. The van der Waals surface area contributed by atoms with Crippen LogP contribution in [0.5, 0.6) is 6.01 Å². The van der Waals surface area contributed by atoms with E-state index in [1.807, 2.05) is 71.0 Å². The Labute approximate surface area is 274 Å². The molecular weight excluding hydrogens is 606 g/mol. The molecule has 0 aliphatic carbocycles. The van der Waals surface area contributed by atoms with Crippen LogP contribution in [0.3, 0.4) is 0 Å². The van der Waals surface area contributed by atoms with Gasteiger partial charge in [0.05, 0.1) is 10.7 Å². The fraction of sp³-hybridized carbons (Fsp3) is 0.500. The molecule has 0 radical (unpaired) electrons. The van der Waals surface area contributed by atoms with E-state index in [1.54, 1.807) is 16.4 Å². The van der Waals surface area contributed by atoms with Gasteiger partial charge in [-0.05, 0) is 85.5 Å². The summed E-state index contributed by atoms with van der Waals surface area (Å²) in [7, 11) is 2.08. The predicted octanol–water partition coefficient (Wildman–Crippen LogP) is 5.60. The second-order valence-electron chi connectivity index (χ2n) is 13.5. The summed E-state index contributed by atoms with van der Waals surface area (Å²) in [5, 5.41) is 2.21. The van der Waals surface area contributed by atoms with E-state index in [4.69, 9.17) is 31.0 Å². The quantitative estimate of drug-likeness (QED) is 0.274. The van der Waals surface area contributed by atoms with E-state index in [9.17, 15) is 9.59 Å². The van der Waals surface area contributed by atoms with Gasteiger partial charge in [-0.2, -0.15) is 9.97 Å². The number of halogens is 1. The first-order chi connectivity index (χ1) is 21.8. The number of carbonyl (C=O) groups excluding carboxylic acids is 1. The number of likely N-dealkylation sites (tertiary alicyclic amines) is 1. The van der Waals surface area contributed by atoms with Crippen molar-refractivity contribution in [3.63, 3.8) is 0 Å². The molecule has 2 aliphatic rings. The number of piperazine rings is 1. The van der Waals surface area contributed by atoms with E-state index < -0.39 is 5.60 Å². The van der Waals surface area contributed by atoms with Crippen molar-refractivity contribution in [2.45, 2.75) is 78.1 Å². The van der Waals surface area contributed by atoms with E-state index in [0.29, 0.717) is 47.6 Å². The maximum Gasteiger partial charge on any atom is 0.410 e. The van der Waals surface area contributed by atoms with Gasteiger partial charge in [0.2, 0.25) is 0 Å². The molecule has 244 valence electrons. The average molecular weight is 648 g/mol. The second kappa shape index (κ2) is 12.3. The molecular formula is C34H42ClN7O4. The Morgan fingerprint density at radius 3 is 2.46 bits per heavy atom. The first kappa shape index (κ1) is 32.0. The number of rotatable bonds is 5. The molecule has 6 rings (SSSR count). The van der Waals surface area contributed by atoms with Crippen LogP contribution in [-0.2, 0) is 4.74 Å². The minimum Gasteiger partial charge on any atom is -0.462 e. The molecule has 4 aromatic rings. The minimum atomic E-state index is -0.602. The lowest BCUT2D eigenvalue weighted by Gasteiger charge is -2.44. The Morgan fingerprint density at radius 2 is 1.76 bits per heavy atom. The second-order valence-corrected chi connectivity index (χ2v) is 13.9. The zero-order valence-electron chi connectivity index (χ0n) is 27.6. The van der Waals surface area contributed by atoms with Crippen molar-refractivity contribution < 1.29 is 14.3 Å². The van der Waals surface area contributed by atoms with Gasteiger partial charge < -0.3 is 24.2 Å². The zero-order valence-corrected chi connectivity index (χ0v) is 28.3. The van der Waals surface area contributed by atoms with Crippen molar-refractivity contribution in [1.82, 2.24) is 29.3 Å². The highest BCUT2D eigenvalue weighted by atomic mass is 35.5. The van der Waals surface area contributed by atoms with Crippen LogP contribution in [0.1, 0.15) is 53.3 Å². The molecule has 0 unspecified atom stereocenters. The van der Waals surface area contributed by atoms with Crippen molar-refractivity contribution >= 4 is 45.3 Å². The van der Waals surface area contributed by atoms with Crippen molar-refractivity contribution in [2.24, 2.45) is 0 Å². The highest BCUT2D eigenvalue weighted by Crippen LogP contribution is 2.32. The highest BCUT2D eigenvalue weighted by molar-refractivity contribution is 6.36. The van der Waals surface area contributed by atoms with Crippen molar-refractivity contribution in [1.29, 1.82) is 0 Å².